The van der Waals surface area contributed by atoms with Gasteiger partial charge in [0, 0.05) is 30.0 Å². The largest absolute Gasteiger partial charge is 0.365 e. The van der Waals surface area contributed by atoms with Gasteiger partial charge in [0.2, 0.25) is 5.95 Å². The molecular formula is C13H18N4S. The van der Waals surface area contributed by atoms with Gasteiger partial charge in [0.1, 0.15) is 5.82 Å². The second-order valence-corrected chi connectivity index (χ2v) is 5.46. The highest BCUT2D eigenvalue weighted by atomic mass is 32.1. The summed E-state index contributed by atoms with van der Waals surface area (Å²) in [6, 6.07) is 6.25. The maximum Gasteiger partial charge on any atom is 0.226 e. The SMILES string of the molecule is CCc1ccc(CNc2ccnc(N(C)C)n2)s1. The summed E-state index contributed by atoms with van der Waals surface area (Å²) in [6.45, 7) is 2.99. The Balaban J connectivity index is 1.99. The third-order valence-electron chi connectivity index (χ3n) is 2.55. The first-order valence-corrected chi connectivity index (χ1v) is 6.82. The fraction of sp³-hybridized carbons (Fsp3) is 0.385. The molecule has 96 valence electrons. The predicted octanol–water partition coefficient (Wildman–Crippen LogP) is 2.78. The first-order valence-electron chi connectivity index (χ1n) is 6.01. The lowest BCUT2D eigenvalue weighted by molar-refractivity contribution is 0.990. The van der Waals surface area contributed by atoms with Crippen LogP contribution in [-0.2, 0) is 13.0 Å². The molecule has 0 amide bonds. The Morgan fingerprint density at radius 1 is 1.22 bits per heavy atom. The average molecular weight is 262 g/mol. The standard InChI is InChI=1S/C13H18N4S/c1-4-10-5-6-11(18-10)9-15-12-7-8-14-13(16-12)17(2)3/h5-8H,4,9H2,1-3H3,(H,14,15,16). The highest BCUT2D eigenvalue weighted by Gasteiger charge is 2.02. The number of thiophene rings is 1. The van der Waals surface area contributed by atoms with E-state index >= 15 is 0 Å². The van der Waals surface area contributed by atoms with Gasteiger partial charge < -0.3 is 10.2 Å². The maximum absolute atomic E-state index is 4.42. The number of aromatic nitrogens is 2. The quantitative estimate of drug-likeness (QED) is 0.899. The number of hydrogen-bond acceptors (Lipinski definition) is 5. The lowest BCUT2D eigenvalue weighted by Crippen LogP contribution is -2.13. The van der Waals surface area contributed by atoms with E-state index in [-0.39, 0.29) is 0 Å². The first-order chi connectivity index (χ1) is 8.69. The summed E-state index contributed by atoms with van der Waals surface area (Å²) in [5.74, 6) is 1.58. The van der Waals surface area contributed by atoms with Crippen molar-refractivity contribution in [1.29, 1.82) is 0 Å². The molecule has 18 heavy (non-hydrogen) atoms. The Hall–Kier alpha value is -1.62. The van der Waals surface area contributed by atoms with Crippen molar-refractivity contribution in [2.75, 3.05) is 24.3 Å². The predicted molar refractivity (Wildman–Crippen MR) is 77.4 cm³/mol. The molecule has 0 radical (unpaired) electrons. The van der Waals surface area contributed by atoms with Crippen molar-refractivity contribution in [3.63, 3.8) is 0 Å². The Labute approximate surface area is 112 Å². The van der Waals surface area contributed by atoms with Gasteiger partial charge in [0.25, 0.3) is 0 Å². The van der Waals surface area contributed by atoms with Gasteiger partial charge in [-0.25, -0.2) is 4.98 Å². The van der Waals surface area contributed by atoms with E-state index < -0.39 is 0 Å². The molecule has 0 aliphatic carbocycles. The van der Waals surface area contributed by atoms with Crippen molar-refractivity contribution >= 4 is 23.1 Å². The van der Waals surface area contributed by atoms with E-state index in [0.717, 1.165) is 24.7 Å². The normalized spacial score (nSPS) is 10.4. The minimum absolute atomic E-state index is 0.723. The molecule has 4 nitrogen and oxygen atoms in total. The van der Waals surface area contributed by atoms with Gasteiger partial charge in [-0.05, 0) is 24.6 Å². The van der Waals surface area contributed by atoms with E-state index in [2.05, 4.69) is 34.3 Å². The van der Waals surface area contributed by atoms with Crippen LogP contribution in [0, 0.1) is 0 Å². The zero-order valence-corrected chi connectivity index (χ0v) is 11.8. The monoisotopic (exact) mass is 262 g/mol. The lowest BCUT2D eigenvalue weighted by atomic mass is 10.3. The Morgan fingerprint density at radius 3 is 2.67 bits per heavy atom. The fourth-order valence-corrected chi connectivity index (χ4v) is 2.44. The summed E-state index contributed by atoms with van der Waals surface area (Å²) in [5.41, 5.74) is 0. The second-order valence-electron chi connectivity index (χ2n) is 4.21. The highest BCUT2D eigenvalue weighted by Crippen LogP contribution is 2.18. The van der Waals surface area contributed by atoms with Crippen LogP contribution < -0.4 is 10.2 Å². The highest BCUT2D eigenvalue weighted by molar-refractivity contribution is 7.12. The van der Waals surface area contributed by atoms with Crippen LogP contribution in [0.2, 0.25) is 0 Å². The van der Waals surface area contributed by atoms with Gasteiger partial charge in [0.05, 0.1) is 6.54 Å². The molecule has 0 saturated heterocycles. The van der Waals surface area contributed by atoms with E-state index in [1.54, 1.807) is 6.20 Å². The average Bonchev–Trinajstić information content (AvgIpc) is 2.84. The van der Waals surface area contributed by atoms with Gasteiger partial charge in [0.15, 0.2) is 0 Å². The molecule has 0 aliphatic rings. The molecule has 1 N–H and O–H groups in total. The van der Waals surface area contributed by atoms with Gasteiger partial charge in [-0.1, -0.05) is 6.92 Å². The van der Waals surface area contributed by atoms with E-state index in [4.69, 9.17) is 0 Å². The van der Waals surface area contributed by atoms with Gasteiger partial charge >= 0.3 is 0 Å². The molecule has 0 unspecified atom stereocenters. The van der Waals surface area contributed by atoms with Crippen LogP contribution in [-0.4, -0.2) is 24.1 Å². The number of nitrogens with zero attached hydrogens (tertiary/aromatic N) is 3. The second kappa shape index (κ2) is 5.82. The molecule has 0 aliphatic heterocycles. The van der Waals surface area contributed by atoms with Crippen molar-refractivity contribution in [3.8, 4) is 0 Å². The minimum atomic E-state index is 0.723. The third-order valence-corrected chi connectivity index (χ3v) is 3.78. The zero-order chi connectivity index (χ0) is 13.0. The smallest absolute Gasteiger partial charge is 0.226 e. The summed E-state index contributed by atoms with van der Waals surface area (Å²) >= 11 is 1.85. The Morgan fingerprint density at radius 2 is 2.00 bits per heavy atom. The first kappa shape index (κ1) is 12.8. The van der Waals surface area contributed by atoms with Crippen LogP contribution in [0.25, 0.3) is 0 Å². The Bertz CT molecular complexity index is 507. The summed E-state index contributed by atoms with van der Waals surface area (Å²) < 4.78 is 0. The van der Waals surface area contributed by atoms with Crippen LogP contribution in [0.1, 0.15) is 16.7 Å². The van der Waals surface area contributed by atoms with E-state index in [1.807, 2.05) is 36.4 Å². The molecular weight excluding hydrogens is 244 g/mol. The molecule has 0 bridgehead atoms. The van der Waals surface area contributed by atoms with Crippen molar-refractivity contribution in [3.05, 3.63) is 34.2 Å². The zero-order valence-electron chi connectivity index (χ0n) is 11.0. The maximum atomic E-state index is 4.42. The van der Waals surface area contributed by atoms with Crippen molar-refractivity contribution in [2.45, 2.75) is 19.9 Å². The van der Waals surface area contributed by atoms with Crippen molar-refractivity contribution < 1.29 is 0 Å². The Kier molecular flexibility index (Phi) is 4.15. The molecule has 0 aromatic carbocycles. The number of nitrogens with one attached hydrogen (secondary N) is 1. The molecule has 2 aromatic rings. The molecule has 2 heterocycles. The summed E-state index contributed by atoms with van der Waals surface area (Å²) in [7, 11) is 3.87. The molecule has 5 heteroatoms. The third kappa shape index (κ3) is 3.20. The van der Waals surface area contributed by atoms with E-state index in [9.17, 15) is 0 Å². The van der Waals surface area contributed by atoms with Crippen LogP contribution >= 0.6 is 11.3 Å². The summed E-state index contributed by atoms with van der Waals surface area (Å²) in [4.78, 5) is 13.3. The van der Waals surface area contributed by atoms with Gasteiger partial charge in [-0.3, -0.25) is 0 Å². The molecule has 2 rings (SSSR count). The van der Waals surface area contributed by atoms with E-state index in [0.29, 0.717) is 0 Å². The summed E-state index contributed by atoms with van der Waals surface area (Å²) in [5, 5.41) is 3.33. The molecule has 2 aromatic heterocycles. The minimum Gasteiger partial charge on any atom is -0.365 e. The molecule has 0 saturated carbocycles. The number of hydrogen-bond donors (Lipinski definition) is 1. The molecule has 0 spiro atoms. The fourth-order valence-electron chi connectivity index (χ4n) is 1.55. The molecule has 0 fully saturated rings. The van der Waals surface area contributed by atoms with Crippen LogP contribution in [0.3, 0.4) is 0 Å². The van der Waals surface area contributed by atoms with Gasteiger partial charge in [-0.2, -0.15) is 4.98 Å². The number of rotatable bonds is 5. The van der Waals surface area contributed by atoms with Gasteiger partial charge in [-0.15, -0.1) is 11.3 Å². The van der Waals surface area contributed by atoms with Crippen LogP contribution in [0.5, 0.6) is 0 Å². The number of anilines is 2. The molecule has 0 atom stereocenters. The number of aryl methyl sites for hydroxylation is 1. The topological polar surface area (TPSA) is 41.1 Å². The van der Waals surface area contributed by atoms with E-state index in [1.165, 1.54) is 9.75 Å². The van der Waals surface area contributed by atoms with Crippen molar-refractivity contribution in [2.24, 2.45) is 0 Å². The summed E-state index contributed by atoms with van der Waals surface area (Å²) in [6.07, 6.45) is 2.87. The van der Waals surface area contributed by atoms with Crippen molar-refractivity contribution in [1.82, 2.24) is 9.97 Å². The van der Waals surface area contributed by atoms with Crippen LogP contribution in [0.15, 0.2) is 24.4 Å². The lowest BCUT2D eigenvalue weighted by Gasteiger charge is -2.11. The van der Waals surface area contributed by atoms with Crippen LogP contribution in [0.4, 0.5) is 11.8 Å².